The predicted molar refractivity (Wildman–Crippen MR) is 81.0 cm³/mol. The molecule has 2 fully saturated rings. The normalized spacial score (nSPS) is 24.3. The Hall–Kier alpha value is -0.680. The summed E-state index contributed by atoms with van der Waals surface area (Å²) in [5, 5.41) is 3.15. The molecule has 19 heavy (non-hydrogen) atoms. The van der Waals surface area contributed by atoms with Crippen LogP contribution in [0.25, 0.3) is 0 Å². The average molecular weight is 283 g/mol. The fraction of sp³-hybridized carbons (Fsp3) is 0.857. The van der Waals surface area contributed by atoms with Crippen LogP contribution in [0.2, 0.25) is 0 Å². The number of hydrogen-bond donors (Lipinski definition) is 2. The van der Waals surface area contributed by atoms with E-state index in [1.54, 1.807) is 0 Å². The van der Waals surface area contributed by atoms with Gasteiger partial charge in [-0.15, -0.1) is 0 Å². The van der Waals surface area contributed by atoms with Crippen LogP contribution in [0.1, 0.15) is 44.9 Å². The summed E-state index contributed by atoms with van der Waals surface area (Å²) < 4.78 is 0. The topological polar surface area (TPSA) is 58.4 Å². The molecule has 0 bridgehead atoms. The molecule has 4 nitrogen and oxygen atoms in total. The minimum Gasteiger partial charge on any atom is -0.391 e. The van der Waals surface area contributed by atoms with Gasteiger partial charge in [0, 0.05) is 19.5 Å². The lowest BCUT2D eigenvalue weighted by Crippen LogP contribution is -2.61. The number of nitrogens with two attached hydrogens (primary N) is 1. The first-order valence-electron chi connectivity index (χ1n) is 7.31. The van der Waals surface area contributed by atoms with Gasteiger partial charge in [-0.05, 0) is 38.6 Å². The number of carbonyl (C=O) groups is 1. The predicted octanol–water partition coefficient (Wildman–Crippen LogP) is 1.43. The highest BCUT2D eigenvalue weighted by Gasteiger charge is 2.38. The Labute approximate surface area is 121 Å². The number of piperidine rings is 1. The summed E-state index contributed by atoms with van der Waals surface area (Å²) in [5.74, 6) is 0.693. The summed E-state index contributed by atoms with van der Waals surface area (Å²) >= 11 is 5.21. The van der Waals surface area contributed by atoms with E-state index in [2.05, 4.69) is 17.3 Å². The molecule has 108 valence electrons. The third-order valence-corrected chi connectivity index (χ3v) is 5.03. The molecule has 1 aliphatic heterocycles. The van der Waals surface area contributed by atoms with Crippen molar-refractivity contribution in [3.8, 4) is 0 Å². The van der Waals surface area contributed by atoms with E-state index >= 15 is 0 Å². The van der Waals surface area contributed by atoms with Gasteiger partial charge in [-0.3, -0.25) is 4.79 Å². The molecular weight excluding hydrogens is 258 g/mol. The maximum Gasteiger partial charge on any atom is 0.221 e. The van der Waals surface area contributed by atoms with Gasteiger partial charge in [-0.2, -0.15) is 0 Å². The second-order valence-corrected chi connectivity index (χ2v) is 6.59. The van der Waals surface area contributed by atoms with E-state index in [1.165, 1.54) is 25.7 Å². The van der Waals surface area contributed by atoms with Gasteiger partial charge >= 0.3 is 0 Å². The molecule has 0 unspecified atom stereocenters. The fourth-order valence-corrected chi connectivity index (χ4v) is 3.48. The number of hydrogen-bond acceptors (Lipinski definition) is 3. The molecule has 1 aliphatic carbocycles. The molecule has 5 heteroatoms. The number of nitrogens with one attached hydrogen (secondary N) is 1. The summed E-state index contributed by atoms with van der Waals surface area (Å²) in [5.41, 5.74) is 5.46. The first-order chi connectivity index (χ1) is 9.02. The van der Waals surface area contributed by atoms with Gasteiger partial charge in [0.1, 0.15) is 0 Å². The van der Waals surface area contributed by atoms with E-state index in [0.717, 1.165) is 25.9 Å². The average Bonchev–Trinajstić information content (AvgIpc) is 2.84. The summed E-state index contributed by atoms with van der Waals surface area (Å²) in [6.45, 7) is 1.86. The quantitative estimate of drug-likeness (QED) is 0.767. The third-order valence-electron chi connectivity index (χ3n) is 4.64. The molecule has 1 heterocycles. The van der Waals surface area contributed by atoms with Crippen LogP contribution in [0.5, 0.6) is 0 Å². The molecule has 3 N–H and O–H groups in total. The molecular formula is C14H25N3OS. The van der Waals surface area contributed by atoms with E-state index < -0.39 is 5.54 Å². The number of likely N-dealkylation sites (tertiary alicyclic amines) is 1. The van der Waals surface area contributed by atoms with Crippen molar-refractivity contribution in [1.29, 1.82) is 0 Å². The fourth-order valence-electron chi connectivity index (χ4n) is 3.23. The van der Waals surface area contributed by atoms with E-state index in [-0.39, 0.29) is 5.91 Å². The van der Waals surface area contributed by atoms with Crippen molar-refractivity contribution >= 4 is 23.1 Å². The molecule has 0 radical (unpaired) electrons. The minimum absolute atomic E-state index is 0.129. The van der Waals surface area contributed by atoms with Crippen molar-refractivity contribution in [2.75, 3.05) is 20.1 Å². The van der Waals surface area contributed by atoms with Gasteiger partial charge in [0.15, 0.2) is 0 Å². The zero-order valence-electron chi connectivity index (χ0n) is 11.8. The van der Waals surface area contributed by atoms with E-state index in [1.807, 2.05) is 0 Å². The Morgan fingerprint density at radius 1 is 1.37 bits per heavy atom. The van der Waals surface area contributed by atoms with Gasteiger partial charge in [-0.1, -0.05) is 25.1 Å². The molecule has 1 saturated carbocycles. The van der Waals surface area contributed by atoms with Gasteiger partial charge in [-0.25, -0.2) is 0 Å². The summed E-state index contributed by atoms with van der Waals surface area (Å²) in [6.07, 6.45) is 7.21. The van der Waals surface area contributed by atoms with Crippen LogP contribution in [0.15, 0.2) is 0 Å². The highest BCUT2D eigenvalue weighted by atomic mass is 32.1. The molecule has 0 aromatic rings. The Morgan fingerprint density at radius 3 is 2.47 bits per heavy atom. The van der Waals surface area contributed by atoms with Crippen LogP contribution < -0.4 is 11.1 Å². The van der Waals surface area contributed by atoms with Gasteiger partial charge in [0.05, 0.1) is 10.5 Å². The summed E-state index contributed by atoms with van der Waals surface area (Å²) in [4.78, 5) is 14.9. The number of rotatable bonds is 4. The second-order valence-electron chi connectivity index (χ2n) is 6.15. The zero-order chi connectivity index (χ0) is 13.9. The highest BCUT2D eigenvalue weighted by molar-refractivity contribution is 7.80. The lowest BCUT2D eigenvalue weighted by molar-refractivity contribution is -0.123. The van der Waals surface area contributed by atoms with Crippen LogP contribution in [0.3, 0.4) is 0 Å². The summed E-state index contributed by atoms with van der Waals surface area (Å²) in [6, 6.07) is 0. The first kappa shape index (κ1) is 14.7. The first-order valence-corrected chi connectivity index (χ1v) is 7.72. The van der Waals surface area contributed by atoms with E-state index in [4.69, 9.17) is 18.0 Å². The van der Waals surface area contributed by atoms with Crippen molar-refractivity contribution in [3.63, 3.8) is 0 Å². The number of amides is 1. The van der Waals surface area contributed by atoms with Crippen molar-refractivity contribution < 1.29 is 4.79 Å². The number of nitrogens with zero attached hydrogens (tertiary/aromatic N) is 1. The lowest BCUT2D eigenvalue weighted by atomic mass is 9.87. The van der Waals surface area contributed by atoms with Crippen molar-refractivity contribution in [3.05, 3.63) is 0 Å². The van der Waals surface area contributed by atoms with E-state index in [0.29, 0.717) is 17.3 Å². The van der Waals surface area contributed by atoms with Crippen LogP contribution in [0.4, 0.5) is 0 Å². The molecule has 0 atom stereocenters. The highest BCUT2D eigenvalue weighted by Crippen LogP contribution is 2.28. The van der Waals surface area contributed by atoms with Crippen molar-refractivity contribution in [1.82, 2.24) is 10.2 Å². The SMILES string of the molecule is CN1CCC(NC(=O)CC2CCCC2)(C(N)=S)CC1. The van der Waals surface area contributed by atoms with Gasteiger partial charge < -0.3 is 16.0 Å². The van der Waals surface area contributed by atoms with Gasteiger partial charge in [0.25, 0.3) is 0 Å². The molecule has 1 saturated heterocycles. The smallest absolute Gasteiger partial charge is 0.221 e. The Bertz CT molecular complexity index is 345. The third kappa shape index (κ3) is 3.66. The summed E-state index contributed by atoms with van der Waals surface area (Å²) in [7, 11) is 2.09. The van der Waals surface area contributed by atoms with Crippen LogP contribution in [-0.2, 0) is 4.79 Å². The Morgan fingerprint density at radius 2 is 1.95 bits per heavy atom. The molecule has 2 rings (SSSR count). The number of thiocarbonyl (C=S) groups is 1. The molecule has 0 spiro atoms. The van der Waals surface area contributed by atoms with Crippen molar-refractivity contribution in [2.24, 2.45) is 11.7 Å². The van der Waals surface area contributed by atoms with E-state index in [9.17, 15) is 4.79 Å². The molecule has 0 aromatic carbocycles. The Kier molecular flexibility index (Phi) is 4.79. The molecule has 0 aromatic heterocycles. The molecule has 2 aliphatic rings. The standard InChI is InChI=1S/C14H25N3OS/c1-17-8-6-14(7-9-17,13(15)19)16-12(18)10-11-4-2-3-5-11/h11H,2-10H2,1H3,(H2,15,19)(H,16,18). The maximum atomic E-state index is 12.2. The Balaban J connectivity index is 1.92. The minimum atomic E-state index is -0.447. The number of carbonyl (C=O) groups excluding carboxylic acids is 1. The zero-order valence-corrected chi connectivity index (χ0v) is 12.6. The second kappa shape index (κ2) is 6.18. The van der Waals surface area contributed by atoms with Crippen LogP contribution in [0, 0.1) is 5.92 Å². The maximum absolute atomic E-state index is 12.2. The largest absolute Gasteiger partial charge is 0.391 e. The molecule has 1 amide bonds. The van der Waals surface area contributed by atoms with Gasteiger partial charge in [0.2, 0.25) is 5.91 Å². The monoisotopic (exact) mass is 283 g/mol. The van der Waals surface area contributed by atoms with Crippen LogP contribution >= 0.6 is 12.2 Å². The van der Waals surface area contributed by atoms with Crippen LogP contribution in [-0.4, -0.2) is 41.5 Å². The lowest BCUT2D eigenvalue weighted by Gasteiger charge is -2.40. The van der Waals surface area contributed by atoms with Crippen molar-refractivity contribution in [2.45, 2.75) is 50.5 Å².